The Balaban J connectivity index is 1.53. The summed E-state index contributed by atoms with van der Waals surface area (Å²) in [5.74, 6) is 1.57. The van der Waals surface area contributed by atoms with Crippen molar-refractivity contribution in [3.8, 4) is 17.3 Å². The fourth-order valence-corrected chi connectivity index (χ4v) is 5.54. The fraction of sp³-hybridized carbons (Fsp3) is 0.212. The third kappa shape index (κ3) is 4.43. The number of ether oxygens (including phenoxy) is 1. The number of para-hydroxylation sites is 1. The Morgan fingerprint density at radius 1 is 1.00 bits per heavy atom. The molecule has 3 heterocycles. The molecule has 1 aliphatic heterocycles. The summed E-state index contributed by atoms with van der Waals surface area (Å²) in [6.45, 7) is 6.54. The van der Waals surface area contributed by atoms with E-state index < -0.39 is 0 Å². The molecular formula is C33H33N5O2. The lowest BCUT2D eigenvalue weighted by molar-refractivity contribution is 0.194. The number of amides is 2. The third-order valence-electron chi connectivity index (χ3n) is 7.65. The number of methoxy groups -OCH3 is 1. The number of hydrogen-bond donors (Lipinski definition) is 1. The van der Waals surface area contributed by atoms with Crippen molar-refractivity contribution in [3.05, 3.63) is 125 Å². The summed E-state index contributed by atoms with van der Waals surface area (Å²) < 4.78 is 9.74. The highest BCUT2D eigenvalue weighted by molar-refractivity contribution is 5.92. The van der Waals surface area contributed by atoms with Gasteiger partial charge in [0, 0.05) is 11.8 Å². The van der Waals surface area contributed by atoms with Gasteiger partial charge in [-0.25, -0.2) is 9.48 Å². The Hall–Kier alpha value is -4.78. The Bertz CT molecular complexity index is 1670. The predicted octanol–water partition coefficient (Wildman–Crippen LogP) is 6.99. The van der Waals surface area contributed by atoms with E-state index >= 15 is 0 Å². The van der Waals surface area contributed by atoms with Crippen LogP contribution in [-0.4, -0.2) is 32.4 Å². The van der Waals surface area contributed by atoms with E-state index in [-0.39, 0.29) is 12.1 Å². The lowest BCUT2D eigenvalue weighted by Gasteiger charge is -2.31. The van der Waals surface area contributed by atoms with Gasteiger partial charge in [-0.05, 0) is 73.4 Å². The van der Waals surface area contributed by atoms with Gasteiger partial charge >= 0.3 is 6.03 Å². The molecule has 1 aliphatic rings. The van der Waals surface area contributed by atoms with Crippen LogP contribution in [0.2, 0.25) is 0 Å². The highest BCUT2D eigenvalue weighted by Crippen LogP contribution is 2.39. The standard InChI is InChI=1S/C33H33N5O2/c1-5-24-14-16-25(17-15-24)31-29-12-9-19-36(29)32-27(23(3)35-38(32)26-10-7-6-8-11-26)21-37(31)33(39)34-28-20-22(2)13-18-30(28)40-4/h6-20,31H,5,21H2,1-4H3,(H,34,39)/t31-/m0/s1. The Morgan fingerprint density at radius 3 is 2.50 bits per heavy atom. The zero-order chi connectivity index (χ0) is 27.8. The summed E-state index contributed by atoms with van der Waals surface area (Å²) >= 11 is 0. The Kier molecular flexibility index (Phi) is 6.64. The maximum atomic E-state index is 14.3. The smallest absolute Gasteiger partial charge is 0.323 e. The van der Waals surface area contributed by atoms with Crippen molar-refractivity contribution >= 4 is 11.7 Å². The number of nitrogens with one attached hydrogen (secondary N) is 1. The number of carbonyl (C=O) groups is 1. The SMILES string of the molecule is CCc1ccc([C@H]2c3cccn3-c3c(c(C)nn3-c3ccccc3)CN2C(=O)Nc2cc(C)ccc2OC)cc1. The van der Waals surface area contributed by atoms with E-state index in [1.54, 1.807) is 7.11 Å². The first-order valence-electron chi connectivity index (χ1n) is 13.6. The van der Waals surface area contributed by atoms with Crippen LogP contribution in [0.4, 0.5) is 10.5 Å². The number of nitrogens with zero attached hydrogens (tertiary/aromatic N) is 4. The van der Waals surface area contributed by atoms with Crippen molar-refractivity contribution in [1.29, 1.82) is 0 Å². The molecule has 7 heteroatoms. The first-order valence-corrected chi connectivity index (χ1v) is 13.6. The number of rotatable bonds is 5. The second-order valence-electron chi connectivity index (χ2n) is 10.2. The van der Waals surface area contributed by atoms with E-state index in [0.717, 1.165) is 46.0 Å². The lowest BCUT2D eigenvalue weighted by Crippen LogP contribution is -2.38. The van der Waals surface area contributed by atoms with Gasteiger partial charge in [0.2, 0.25) is 0 Å². The molecule has 5 aromatic rings. The van der Waals surface area contributed by atoms with Crippen LogP contribution in [-0.2, 0) is 13.0 Å². The average molecular weight is 532 g/mol. The van der Waals surface area contributed by atoms with E-state index in [9.17, 15) is 4.79 Å². The monoisotopic (exact) mass is 531 g/mol. The van der Waals surface area contributed by atoms with Gasteiger partial charge in [0.05, 0.1) is 42.5 Å². The molecule has 0 bridgehead atoms. The van der Waals surface area contributed by atoms with Gasteiger partial charge in [-0.15, -0.1) is 0 Å². The number of hydrogen-bond acceptors (Lipinski definition) is 3. The number of benzene rings is 3. The minimum Gasteiger partial charge on any atom is -0.495 e. The third-order valence-corrected chi connectivity index (χ3v) is 7.65. The van der Waals surface area contributed by atoms with Crippen molar-refractivity contribution in [3.63, 3.8) is 0 Å². The predicted molar refractivity (Wildman–Crippen MR) is 158 cm³/mol. The largest absolute Gasteiger partial charge is 0.495 e. The van der Waals surface area contributed by atoms with Gasteiger partial charge < -0.3 is 19.5 Å². The van der Waals surface area contributed by atoms with Gasteiger partial charge in [0.15, 0.2) is 0 Å². The molecule has 0 aliphatic carbocycles. The summed E-state index contributed by atoms with van der Waals surface area (Å²) in [5.41, 5.74) is 7.83. The zero-order valence-electron chi connectivity index (χ0n) is 23.3. The van der Waals surface area contributed by atoms with Gasteiger partial charge in [0.25, 0.3) is 0 Å². The summed E-state index contributed by atoms with van der Waals surface area (Å²) in [6, 6.07) is 28.1. The molecule has 0 unspecified atom stereocenters. The number of aryl methyl sites for hydroxylation is 3. The molecule has 1 N–H and O–H groups in total. The molecule has 0 fully saturated rings. The average Bonchev–Trinajstić information content (AvgIpc) is 3.54. The van der Waals surface area contributed by atoms with Crippen LogP contribution in [0, 0.1) is 13.8 Å². The minimum atomic E-state index is -0.326. The Labute approximate surface area is 234 Å². The van der Waals surface area contributed by atoms with Crippen molar-refractivity contribution in [2.45, 2.75) is 39.8 Å². The fourth-order valence-electron chi connectivity index (χ4n) is 5.54. The van der Waals surface area contributed by atoms with Crippen LogP contribution >= 0.6 is 0 Å². The van der Waals surface area contributed by atoms with E-state index in [1.807, 2.05) is 65.9 Å². The lowest BCUT2D eigenvalue weighted by atomic mass is 9.99. The first-order chi connectivity index (χ1) is 19.5. The summed E-state index contributed by atoms with van der Waals surface area (Å²) in [6.07, 6.45) is 3.02. The second-order valence-corrected chi connectivity index (χ2v) is 10.2. The van der Waals surface area contributed by atoms with Crippen LogP contribution in [0.15, 0.2) is 91.1 Å². The number of anilines is 1. The quantitative estimate of drug-likeness (QED) is 0.266. The van der Waals surface area contributed by atoms with Crippen LogP contribution in [0.3, 0.4) is 0 Å². The highest BCUT2D eigenvalue weighted by atomic mass is 16.5. The molecular weight excluding hydrogens is 498 g/mol. The molecule has 1 atom stereocenters. The van der Waals surface area contributed by atoms with Crippen LogP contribution in [0.5, 0.6) is 5.75 Å². The second kappa shape index (κ2) is 10.4. The number of fused-ring (bicyclic) bond motifs is 3. The highest BCUT2D eigenvalue weighted by Gasteiger charge is 2.36. The molecule has 2 amide bonds. The molecule has 6 rings (SSSR count). The maximum absolute atomic E-state index is 14.3. The minimum absolute atomic E-state index is 0.207. The topological polar surface area (TPSA) is 64.3 Å². The number of urea groups is 1. The molecule has 0 saturated heterocycles. The normalized spacial score (nSPS) is 14.3. The molecule has 0 radical (unpaired) electrons. The van der Waals surface area contributed by atoms with Crippen molar-refractivity contribution < 1.29 is 9.53 Å². The van der Waals surface area contributed by atoms with Gasteiger partial charge in [-0.2, -0.15) is 5.10 Å². The van der Waals surface area contributed by atoms with E-state index in [1.165, 1.54) is 5.56 Å². The number of aromatic nitrogens is 3. The summed E-state index contributed by atoms with van der Waals surface area (Å²) in [5, 5.41) is 8.10. The molecule has 7 nitrogen and oxygen atoms in total. The first kappa shape index (κ1) is 25.5. The molecule has 40 heavy (non-hydrogen) atoms. The van der Waals surface area contributed by atoms with Gasteiger partial charge in [0.1, 0.15) is 11.6 Å². The van der Waals surface area contributed by atoms with E-state index in [2.05, 4.69) is 65.5 Å². The molecule has 0 spiro atoms. The summed E-state index contributed by atoms with van der Waals surface area (Å²) in [4.78, 5) is 16.2. The van der Waals surface area contributed by atoms with Crippen molar-refractivity contribution in [2.24, 2.45) is 0 Å². The van der Waals surface area contributed by atoms with Crippen LogP contribution in [0.25, 0.3) is 11.5 Å². The van der Waals surface area contributed by atoms with E-state index in [0.29, 0.717) is 18.0 Å². The Morgan fingerprint density at radius 2 is 1.77 bits per heavy atom. The van der Waals surface area contributed by atoms with Crippen molar-refractivity contribution in [2.75, 3.05) is 12.4 Å². The van der Waals surface area contributed by atoms with E-state index in [4.69, 9.17) is 9.84 Å². The van der Waals surface area contributed by atoms with Crippen molar-refractivity contribution in [1.82, 2.24) is 19.2 Å². The number of carbonyl (C=O) groups excluding carboxylic acids is 1. The summed E-state index contributed by atoms with van der Waals surface area (Å²) in [7, 11) is 1.62. The molecule has 0 saturated carbocycles. The van der Waals surface area contributed by atoms with Gasteiger partial charge in [-0.3, -0.25) is 0 Å². The maximum Gasteiger partial charge on any atom is 0.323 e. The van der Waals surface area contributed by atoms with Crippen LogP contribution in [0.1, 0.15) is 46.6 Å². The zero-order valence-corrected chi connectivity index (χ0v) is 23.3. The molecule has 3 aromatic carbocycles. The van der Waals surface area contributed by atoms with Gasteiger partial charge in [-0.1, -0.05) is 55.5 Å². The van der Waals surface area contributed by atoms with Crippen LogP contribution < -0.4 is 10.1 Å². The molecule has 2 aromatic heterocycles. The molecule has 202 valence electrons.